The molecule has 7 heteroatoms. The normalized spacial score (nSPS) is 11.4. The third-order valence-corrected chi connectivity index (χ3v) is 7.11. The molecule has 0 aromatic carbocycles. The zero-order valence-corrected chi connectivity index (χ0v) is 27.3. The van der Waals surface area contributed by atoms with Gasteiger partial charge in [0.25, 0.3) is 0 Å². The van der Waals surface area contributed by atoms with Crippen molar-refractivity contribution in [3.63, 3.8) is 0 Å². The van der Waals surface area contributed by atoms with Crippen LogP contribution in [0.3, 0.4) is 0 Å². The summed E-state index contributed by atoms with van der Waals surface area (Å²) in [6.45, 7) is 10.5. The lowest BCUT2D eigenvalue weighted by atomic mass is 10.0. The molecule has 0 aliphatic rings. The minimum absolute atomic E-state index is 0.116. The van der Waals surface area contributed by atoms with Crippen molar-refractivity contribution in [1.82, 2.24) is 0 Å². The molecule has 0 heterocycles. The molecule has 0 radical (unpaired) electrons. The smallest absolute Gasteiger partial charge is 0.305 e. The van der Waals surface area contributed by atoms with E-state index in [0.29, 0.717) is 72.5 Å². The number of unbranched alkanes of at least 4 members (excludes halogenated alkanes) is 17. The molecule has 0 spiro atoms. The van der Waals surface area contributed by atoms with Crippen LogP contribution in [-0.2, 0) is 33.2 Å². The van der Waals surface area contributed by atoms with Crippen LogP contribution in [0, 0.1) is 0 Å². The molecular formula is C34H68O7. The Hall–Kier alpha value is -0.730. The minimum atomic E-state index is -0.116. The summed E-state index contributed by atoms with van der Waals surface area (Å²) in [5, 5.41) is 0. The predicted octanol–water partition coefficient (Wildman–Crippen LogP) is 8.45. The van der Waals surface area contributed by atoms with Crippen molar-refractivity contribution < 1.29 is 33.2 Å². The molecule has 0 unspecified atom stereocenters. The van der Waals surface area contributed by atoms with Crippen LogP contribution >= 0.6 is 0 Å². The Morgan fingerprint density at radius 2 is 0.634 bits per heavy atom. The Morgan fingerprint density at radius 1 is 0.341 bits per heavy atom. The van der Waals surface area contributed by atoms with Gasteiger partial charge in [0.1, 0.15) is 6.61 Å². The molecule has 0 saturated heterocycles. The number of carbonyl (C=O) groups excluding carboxylic acids is 1. The first-order valence-electron chi connectivity index (χ1n) is 17.4. The van der Waals surface area contributed by atoms with Crippen LogP contribution in [0.5, 0.6) is 0 Å². The molecule has 0 aromatic rings. The lowest BCUT2D eigenvalue weighted by Gasteiger charge is -2.08. The fourth-order valence-corrected chi connectivity index (χ4v) is 4.54. The van der Waals surface area contributed by atoms with Gasteiger partial charge in [-0.05, 0) is 12.8 Å². The predicted molar refractivity (Wildman–Crippen MR) is 169 cm³/mol. The summed E-state index contributed by atoms with van der Waals surface area (Å²) >= 11 is 0. The number of carbonyl (C=O) groups is 1. The Balaban J connectivity index is 3.13. The van der Waals surface area contributed by atoms with E-state index in [9.17, 15) is 4.79 Å². The number of esters is 1. The van der Waals surface area contributed by atoms with Crippen molar-refractivity contribution in [2.75, 3.05) is 72.7 Å². The van der Waals surface area contributed by atoms with Gasteiger partial charge in [-0.25, -0.2) is 0 Å². The molecule has 0 bridgehead atoms. The maximum Gasteiger partial charge on any atom is 0.305 e. The van der Waals surface area contributed by atoms with Crippen LogP contribution in [-0.4, -0.2) is 78.6 Å². The molecule has 7 nitrogen and oxygen atoms in total. The lowest BCUT2D eigenvalue weighted by molar-refractivity contribution is -0.145. The summed E-state index contributed by atoms with van der Waals surface area (Å²) in [7, 11) is 0. The highest BCUT2D eigenvalue weighted by molar-refractivity contribution is 5.69. The molecule has 0 aromatic heterocycles. The summed E-state index contributed by atoms with van der Waals surface area (Å²) in [5.74, 6) is -0.116. The van der Waals surface area contributed by atoms with Crippen LogP contribution in [0.25, 0.3) is 0 Å². The molecule has 41 heavy (non-hydrogen) atoms. The lowest BCUT2D eigenvalue weighted by Crippen LogP contribution is -2.15. The van der Waals surface area contributed by atoms with Gasteiger partial charge in [-0.3, -0.25) is 4.79 Å². The van der Waals surface area contributed by atoms with Gasteiger partial charge < -0.3 is 28.4 Å². The monoisotopic (exact) mass is 588 g/mol. The van der Waals surface area contributed by atoms with E-state index in [0.717, 1.165) is 25.9 Å². The van der Waals surface area contributed by atoms with Crippen LogP contribution in [0.1, 0.15) is 142 Å². The highest BCUT2D eigenvalue weighted by Crippen LogP contribution is 2.13. The van der Waals surface area contributed by atoms with Crippen molar-refractivity contribution in [2.45, 2.75) is 142 Å². The van der Waals surface area contributed by atoms with Gasteiger partial charge in [0, 0.05) is 13.0 Å². The Bertz CT molecular complexity index is 490. The number of hydrogen-bond donors (Lipinski definition) is 0. The molecule has 0 N–H and O–H groups in total. The standard InChI is InChI=1S/C34H68O7/c1-3-5-7-9-11-12-13-14-15-16-17-18-20-22-34(35)41-33-32-40-31-30-39-29-28-38-27-26-37-25-24-36-23-21-19-10-8-6-4-2/h3-33H2,1-2H3. The van der Waals surface area contributed by atoms with E-state index in [4.69, 9.17) is 28.4 Å². The second-order valence-electron chi connectivity index (χ2n) is 11.0. The molecule has 246 valence electrons. The van der Waals surface area contributed by atoms with E-state index in [1.165, 1.54) is 103 Å². The topological polar surface area (TPSA) is 72.5 Å². The number of rotatable bonds is 36. The van der Waals surface area contributed by atoms with Gasteiger partial charge in [-0.15, -0.1) is 0 Å². The zero-order valence-electron chi connectivity index (χ0n) is 27.3. The van der Waals surface area contributed by atoms with Crippen molar-refractivity contribution in [3.8, 4) is 0 Å². The maximum absolute atomic E-state index is 11.8. The molecule has 0 aliphatic carbocycles. The first-order chi connectivity index (χ1) is 20.3. The van der Waals surface area contributed by atoms with Crippen molar-refractivity contribution in [1.29, 1.82) is 0 Å². The molecule has 0 rings (SSSR count). The SMILES string of the molecule is CCCCCCCCCCCCCCCC(=O)OCCOCCOCCOCCOCCOCCCCCCCC. The second-order valence-corrected chi connectivity index (χ2v) is 11.0. The summed E-state index contributed by atoms with van der Waals surface area (Å²) < 4.78 is 32.8. The number of hydrogen-bond acceptors (Lipinski definition) is 7. The van der Waals surface area contributed by atoms with Gasteiger partial charge in [-0.1, -0.05) is 123 Å². The van der Waals surface area contributed by atoms with Crippen LogP contribution in [0.4, 0.5) is 0 Å². The van der Waals surface area contributed by atoms with Crippen molar-refractivity contribution in [3.05, 3.63) is 0 Å². The zero-order chi connectivity index (χ0) is 29.7. The van der Waals surface area contributed by atoms with E-state index >= 15 is 0 Å². The fraction of sp³-hybridized carbons (Fsp3) is 0.971. The van der Waals surface area contributed by atoms with Gasteiger partial charge in [0.15, 0.2) is 0 Å². The van der Waals surface area contributed by atoms with Crippen LogP contribution in [0.2, 0.25) is 0 Å². The third kappa shape index (κ3) is 37.2. The minimum Gasteiger partial charge on any atom is -0.463 e. The average molecular weight is 589 g/mol. The molecular weight excluding hydrogens is 520 g/mol. The van der Waals surface area contributed by atoms with Gasteiger partial charge >= 0.3 is 5.97 Å². The van der Waals surface area contributed by atoms with E-state index in [-0.39, 0.29) is 5.97 Å². The average Bonchev–Trinajstić information content (AvgIpc) is 2.98. The summed E-state index contributed by atoms with van der Waals surface area (Å²) in [4.78, 5) is 11.8. The quantitative estimate of drug-likeness (QED) is 0.0537. The van der Waals surface area contributed by atoms with E-state index in [1.807, 2.05) is 0 Å². The fourth-order valence-electron chi connectivity index (χ4n) is 4.54. The van der Waals surface area contributed by atoms with E-state index in [1.54, 1.807) is 0 Å². The Labute approximate surface area is 254 Å². The second kappa shape index (κ2) is 37.3. The van der Waals surface area contributed by atoms with E-state index in [2.05, 4.69) is 13.8 Å². The largest absolute Gasteiger partial charge is 0.463 e. The van der Waals surface area contributed by atoms with Crippen molar-refractivity contribution >= 4 is 5.97 Å². The third-order valence-electron chi connectivity index (χ3n) is 7.11. The van der Waals surface area contributed by atoms with Gasteiger partial charge in [0.2, 0.25) is 0 Å². The summed E-state index contributed by atoms with van der Waals surface area (Å²) in [6.07, 6.45) is 25.2. The molecule has 0 fully saturated rings. The number of ether oxygens (including phenoxy) is 6. The van der Waals surface area contributed by atoms with Crippen LogP contribution < -0.4 is 0 Å². The van der Waals surface area contributed by atoms with E-state index < -0.39 is 0 Å². The summed E-state index contributed by atoms with van der Waals surface area (Å²) in [5.41, 5.74) is 0. The first-order valence-corrected chi connectivity index (χ1v) is 17.4. The summed E-state index contributed by atoms with van der Waals surface area (Å²) in [6, 6.07) is 0. The molecule has 0 atom stereocenters. The maximum atomic E-state index is 11.8. The Kier molecular flexibility index (Phi) is 36.6. The Morgan fingerprint density at radius 3 is 1.02 bits per heavy atom. The highest BCUT2D eigenvalue weighted by atomic mass is 16.6. The van der Waals surface area contributed by atoms with Gasteiger partial charge in [0.05, 0.1) is 59.5 Å². The van der Waals surface area contributed by atoms with Crippen molar-refractivity contribution in [2.24, 2.45) is 0 Å². The first kappa shape index (κ1) is 40.3. The molecule has 0 amide bonds. The van der Waals surface area contributed by atoms with Crippen LogP contribution in [0.15, 0.2) is 0 Å². The molecule has 0 aliphatic heterocycles. The van der Waals surface area contributed by atoms with Gasteiger partial charge in [-0.2, -0.15) is 0 Å². The highest BCUT2D eigenvalue weighted by Gasteiger charge is 2.03. The molecule has 0 saturated carbocycles.